The highest BCUT2D eigenvalue weighted by Crippen LogP contribution is 2.17. The van der Waals surface area contributed by atoms with E-state index in [1.165, 1.54) is 0 Å². The van der Waals surface area contributed by atoms with Gasteiger partial charge in [-0.1, -0.05) is 11.2 Å². The number of nitrogens with zero attached hydrogens (tertiary/aromatic N) is 6. The Morgan fingerprint density at radius 1 is 0.962 bits per heavy atom. The van der Waals surface area contributed by atoms with E-state index in [0.29, 0.717) is 11.7 Å². The van der Waals surface area contributed by atoms with Crippen molar-refractivity contribution in [1.29, 1.82) is 0 Å². The van der Waals surface area contributed by atoms with Crippen molar-refractivity contribution in [2.45, 2.75) is 13.8 Å². The fourth-order valence-electron chi connectivity index (χ4n) is 2.45. The third-order valence-electron chi connectivity index (χ3n) is 3.87. The molecule has 0 aromatic carbocycles. The third kappa shape index (κ3) is 3.27. The fraction of sp³-hybridized carbons (Fsp3) is 0.105. The van der Waals surface area contributed by atoms with Crippen LogP contribution in [0.2, 0.25) is 0 Å². The smallest absolute Gasteiger partial charge is 0.250 e. The Kier molecular flexibility index (Phi) is 4.10. The minimum Gasteiger partial charge on any atom is -0.334 e. The molecule has 7 heteroatoms. The molecule has 0 bridgehead atoms. The Labute approximate surface area is 150 Å². The first-order chi connectivity index (χ1) is 12.7. The monoisotopic (exact) mass is 344 g/mol. The largest absolute Gasteiger partial charge is 0.334 e. The second-order valence-electron chi connectivity index (χ2n) is 5.77. The van der Waals surface area contributed by atoms with Crippen LogP contribution in [0, 0.1) is 13.8 Å². The lowest BCUT2D eigenvalue weighted by atomic mass is 10.2. The number of pyridine rings is 2. The SMILES string of the molecule is Cc1ccc(/C=C/c2nc(-c3ccc(-n4ccnc4C)nc3)no2)cn1. The minimum absolute atomic E-state index is 0.426. The maximum Gasteiger partial charge on any atom is 0.250 e. The van der Waals surface area contributed by atoms with Gasteiger partial charge in [0.25, 0.3) is 5.89 Å². The van der Waals surface area contributed by atoms with Gasteiger partial charge in [-0.2, -0.15) is 4.98 Å². The van der Waals surface area contributed by atoms with Crippen molar-refractivity contribution >= 4 is 12.2 Å². The lowest BCUT2D eigenvalue weighted by Gasteiger charge is -2.03. The minimum atomic E-state index is 0.426. The van der Waals surface area contributed by atoms with Gasteiger partial charge in [0.2, 0.25) is 5.82 Å². The molecule has 0 atom stereocenters. The van der Waals surface area contributed by atoms with Crippen LogP contribution in [0.25, 0.3) is 29.4 Å². The van der Waals surface area contributed by atoms with E-state index >= 15 is 0 Å². The molecule has 0 radical (unpaired) electrons. The summed E-state index contributed by atoms with van der Waals surface area (Å²) in [6.45, 7) is 3.88. The number of aromatic nitrogens is 6. The molecule has 0 spiro atoms. The maximum atomic E-state index is 5.27. The molecular formula is C19H16N6O. The molecule has 0 aliphatic heterocycles. The molecular weight excluding hydrogens is 328 g/mol. The summed E-state index contributed by atoms with van der Waals surface area (Å²) in [5.41, 5.74) is 2.73. The zero-order valence-corrected chi connectivity index (χ0v) is 14.4. The van der Waals surface area contributed by atoms with Gasteiger partial charge < -0.3 is 4.52 Å². The van der Waals surface area contributed by atoms with Gasteiger partial charge in [0, 0.05) is 42.1 Å². The van der Waals surface area contributed by atoms with E-state index in [2.05, 4.69) is 25.1 Å². The van der Waals surface area contributed by atoms with Crippen LogP contribution in [0.15, 0.2) is 53.6 Å². The number of aryl methyl sites for hydroxylation is 2. The Balaban J connectivity index is 1.52. The standard InChI is InChI=1S/C19H16N6O/c1-13-3-4-15(11-21-13)5-8-18-23-19(24-26-18)16-6-7-17(22-12-16)25-10-9-20-14(25)2/h3-12H,1-2H3/b8-5+. The predicted octanol–water partition coefficient (Wildman–Crippen LogP) is 3.50. The van der Waals surface area contributed by atoms with E-state index in [1.54, 1.807) is 24.7 Å². The molecule has 26 heavy (non-hydrogen) atoms. The molecule has 4 heterocycles. The molecule has 0 fully saturated rings. The van der Waals surface area contributed by atoms with Gasteiger partial charge in [0.05, 0.1) is 0 Å². The highest BCUT2D eigenvalue weighted by Gasteiger charge is 2.08. The van der Waals surface area contributed by atoms with Crippen molar-refractivity contribution in [2.75, 3.05) is 0 Å². The summed E-state index contributed by atoms with van der Waals surface area (Å²) >= 11 is 0. The van der Waals surface area contributed by atoms with Gasteiger partial charge in [0.1, 0.15) is 11.6 Å². The molecule has 0 amide bonds. The summed E-state index contributed by atoms with van der Waals surface area (Å²) in [5.74, 6) is 2.59. The van der Waals surface area contributed by atoms with Crippen LogP contribution in [0.4, 0.5) is 0 Å². The van der Waals surface area contributed by atoms with Crippen molar-refractivity contribution in [3.63, 3.8) is 0 Å². The highest BCUT2D eigenvalue weighted by molar-refractivity contribution is 5.66. The van der Waals surface area contributed by atoms with Crippen LogP contribution in [0.5, 0.6) is 0 Å². The molecule has 4 aromatic heterocycles. The second-order valence-corrected chi connectivity index (χ2v) is 5.77. The van der Waals surface area contributed by atoms with Crippen molar-refractivity contribution in [3.05, 3.63) is 72.0 Å². The predicted molar refractivity (Wildman–Crippen MR) is 97.3 cm³/mol. The first-order valence-electron chi connectivity index (χ1n) is 8.10. The van der Waals surface area contributed by atoms with Gasteiger partial charge in [-0.3, -0.25) is 9.55 Å². The first-order valence-corrected chi connectivity index (χ1v) is 8.10. The Hall–Kier alpha value is -3.61. The van der Waals surface area contributed by atoms with Gasteiger partial charge in [-0.05, 0) is 43.7 Å². The van der Waals surface area contributed by atoms with Crippen LogP contribution in [-0.2, 0) is 0 Å². The molecule has 128 valence electrons. The summed E-state index contributed by atoms with van der Waals surface area (Å²) in [6.07, 6.45) is 10.8. The topological polar surface area (TPSA) is 82.5 Å². The quantitative estimate of drug-likeness (QED) is 0.563. The average molecular weight is 344 g/mol. The van der Waals surface area contributed by atoms with Crippen LogP contribution >= 0.6 is 0 Å². The fourth-order valence-corrected chi connectivity index (χ4v) is 2.45. The van der Waals surface area contributed by atoms with Crippen LogP contribution < -0.4 is 0 Å². The molecule has 0 aliphatic carbocycles. The van der Waals surface area contributed by atoms with E-state index in [4.69, 9.17) is 4.52 Å². The average Bonchev–Trinajstić information content (AvgIpc) is 3.30. The zero-order valence-electron chi connectivity index (χ0n) is 14.4. The first kappa shape index (κ1) is 15.9. The van der Waals surface area contributed by atoms with Crippen LogP contribution in [0.1, 0.15) is 23.0 Å². The number of hydrogen-bond donors (Lipinski definition) is 0. The van der Waals surface area contributed by atoms with Crippen molar-refractivity contribution < 1.29 is 4.52 Å². The summed E-state index contributed by atoms with van der Waals surface area (Å²) in [4.78, 5) is 17.3. The molecule has 0 aliphatic rings. The van der Waals surface area contributed by atoms with E-state index in [-0.39, 0.29) is 0 Å². The lowest BCUT2D eigenvalue weighted by Crippen LogP contribution is -1.98. The van der Waals surface area contributed by atoms with Gasteiger partial charge in [-0.15, -0.1) is 0 Å². The summed E-state index contributed by atoms with van der Waals surface area (Å²) in [6, 6.07) is 7.74. The van der Waals surface area contributed by atoms with E-state index < -0.39 is 0 Å². The van der Waals surface area contributed by atoms with E-state index in [0.717, 1.165) is 28.5 Å². The summed E-state index contributed by atoms with van der Waals surface area (Å²) < 4.78 is 7.18. The molecule has 0 unspecified atom stereocenters. The number of rotatable bonds is 4. The third-order valence-corrected chi connectivity index (χ3v) is 3.87. The molecule has 7 nitrogen and oxygen atoms in total. The molecule has 0 N–H and O–H groups in total. The lowest BCUT2D eigenvalue weighted by molar-refractivity contribution is 0.411. The summed E-state index contributed by atoms with van der Waals surface area (Å²) in [7, 11) is 0. The molecule has 4 aromatic rings. The molecule has 0 saturated carbocycles. The van der Waals surface area contributed by atoms with Crippen LogP contribution in [-0.4, -0.2) is 29.7 Å². The Morgan fingerprint density at radius 3 is 2.58 bits per heavy atom. The van der Waals surface area contributed by atoms with Crippen LogP contribution in [0.3, 0.4) is 0 Å². The second kappa shape index (κ2) is 6.72. The molecule has 0 saturated heterocycles. The highest BCUT2D eigenvalue weighted by atomic mass is 16.5. The van der Waals surface area contributed by atoms with Gasteiger partial charge >= 0.3 is 0 Å². The van der Waals surface area contributed by atoms with Gasteiger partial charge in [0.15, 0.2) is 0 Å². The van der Waals surface area contributed by atoms with E-state index in [1.807, 2.05) is 55.0 Å². The number of hydrogen-bond acceptors (Lipinski definition) is 6. The maximum absolute atomic E-state index is 5.27. The molecule has 4 rings (SSSR count). The number of imidazole rings is 1. The Bertz CT molecular complexity index is 1040. The van der Waals surface area contributed by atoms with Crippen molar-refractivity contribution in [1.82, 2.24) is 29.7 Å². The van der Waals surface area contributed by atoms with Crippen molar-refractivity contribution in [2.24, 2.45) is 0 Å². The Morgan fingerprint density at radius 2 is 1.88 bits per heavy atom. The summed E-state index contributed by atoms with van der Waals surface area (Å²) in [5, 5.41) is 4.01. The van der Waals surface area contributed by atoms with Crippen molar-refractivity contribution in [3.8, 4) is 17.2 Å². The normalized spacial score (nSPS) is 11.3. The van der Waals surface area contributed by atoms with Gasteiger partial charge in [-0.25, -0.2) is 9.97 Å². The zero-order chi connectivity index (χ0) is 17.9. The van der Waals surface area contributed by atoms with E-state index in [9.17, 15) is 0 Å².